The SMILES string of the molecule is O=C(CCc1ccsc1)Oc1ccc(N2CCCC2=O)cc1. The molecular weight excluding hydrogens is 298 g/mol. The Morgan fingerprint density at radius 3 is 2.68 bits per heavy atom. The van der Waals surface area contributed by atoms with E-state index in [1.807, 2.05) is 29.0 Å². The number of rotatable bonds is 5. The molecule has 1 aliphatic rings. The van der Waals surface area contributed by atoms with Gasteiger partial charge in [0.1, 0.15) is 5.75 Å². The van der Waals surface area contributed by atoms with E-state index in [2.05, 4.69) is 0 Å². The third kappa shape index (κ3) is 3.54. The summed E-state index contributed by atoms with van der Waals surface area (Å²) < 4.78 is 5.32. The molecule has 3 rings (SSSR count). The zero-order valence-corrected chi connectivity index (χ0v) is 13.0. The minimum absolute atomic E-state index is 0.153. The van der Waals surface area contributed by atoms with E-state index in [1.54, 1.807) is 28.4 Å². The van der Waals surface area contributed by atoms with E-state index >= 15 is 0 Å². The van der Waals surface area contributed by atoms with E-state index in [-0.39, 0.29) is 11.9 Å². The van der Waals surface area contributed by atoms with Gasteiger partial charge in [-0.1, -0.05) is 0 Å². The normalized spacial score (nSPS) is 14.4. The molecule has 0 atom stereocenters. The second-order valence-electron chi connectivity index (χ2n) is 5.25. The van der Waals surface area contributed by atoms with Crippen LogP contribution in [-0.2, 0) is 16.0 Å². The quantitative estimate of drug-likeness (QED) is 0.627. The molecule has 0 radical (unpaired) electrons. The highest BCUT2D eigenvalue weighted by atomic mass is 32.1. The van der Waals surface area contributed by atoms with E-state index in [0.717, 1.165) is 24.2 Å². The van der Waals surface area contributed by atoms with Crippen molar-refractivity contribution < 1.29 is 14.3 Å². The highest BCUT2D eigenvalue weighted by Gasteiger charge is 2.21. The Bertz CT molecular complexity index is 649. The molecule has 114 valence electrons. The third-order valence-electron chi connectivity index (χ3n) is 3.65. The summed E-state index contributed by atoms with van der Waals surface area (Å²) >= 11 is 1.62. The van der Waals surface area contributed by atoms with Crippen molar-refractivity contribution in [3.05, 3.63) is 46.7 Å². The zero-order chi connectivity index (χ0) is 15.4. The molecule has 4 nitrogen and oxygen atoms in total. The Balaban J connectivity index is 1.54. The fraction of sp³-hybridized carbons (Fsp3) is 0.294. The number of anilines is 1. The van der Waals surface area contributed by atoms with Gasteiger partial charge in [-0.05, 0) is 59.5 Å². The minimum atomic E-state index is -0.240. The van der Waals surface area contributed by atoms with Gasteiger partial charge in [-0.2, -0.15) is 11.3 Å². The molecule has 1 amide bonds. The van der Waals surface area contributed by atoms with Crippen molar-refractivity contribution in [2.24, 2.45) is 0 Å². The number of amides is 1. The molecule has 1 aromatic heterocycles. The lowest BCUT2D eigenvalue weighted by molar-refractivity contribution is -0.134. The van der Waals surface area contributed by atoms with Gasteiger partial charge in [0.25, 0.3) is 0 Å². The van der Waals surface area contributed by atoms with Gasteiger partial charge in [-0.3, -0.25) is 9.59 Å². The highest BCUT2D eigenvalue weighted by molar-refractivity contribution is 7.07. The summed E-state index contributed by atoms with van der Waals surface area (Å²) in [6.45, 7) is 0.763. The first-order valence-electron chi connectivity index (χ1n) is 7.34. The maximum absolute atomic E-state index is 11.8. The Hall–Kier alpha value is -2.14. The van der Waals surface area contributed by atoms with Crippen molar-refractivity contribution in [1.29, 1.82) is 0 Å². The van der Waals surface area contributed by atoms with E-state index in [9.17, 15) is 9.59 Å². The van der Waals surface area contributed by atoms with Crippen LogP contribution in [0.15, 0.2) is 41.1 Å². The van der Waals surface area contributed by atoms with Gasteiger partial charge in [0.05, 0.1) is 6.42 Å². The van der Waals surface area contributed by atoms with Crippen LogP contribution in [0.4, 0.5) is 5.69 Å². The average molecular weight is 315 g/mol. The molecule has 0 N–H and O–H groups in total. The predicted molar refractivity (Wildman–Crippen MR) is 86.3 cm³/mol. The fourth-order valence-corrected chi connectivity index (χ4v) is 3.18. The van der Waals surface area contributed by atoms with Crippen LogP contribution >= 0.6 is 11.3 Å². The Morgan fingerprint density at radius 1 is 1.23 bits per heavy atom. The smallest absolute Gasteiger partial charge is 0.311 e. The second-order valence-corrected chi connectivity index (χ2v) is 6.03. The summed E-state index contributed by atoms with van der Waals surface area (Å²) in [6.07, 6.45) is 2.57. The molecular formula is C17H17NO3S. The summed E-state index contributed by atoms with van der Waals surface area (Å²) in [4.78, 5) is 25.3. The second kappa shape index (κ2) is 6.75. The Labute approximate surface area is 133 Å². The van der Waals surface area contributed by atoms with Crippen LogP contribution in [0.5, 0.6) is 5.75 Å². The topological polar surface area (TPSA) is 46.6 Å². The predicted octanol–water partition coefficient (Wildman–Crippen LogP) is 3.41. The highest BCUT2D eigenvalue weighted by Crippen LogP contribution is 2.24. The van der Waals surface area contributed by atoms with Gasteiger partial charge in [0.2, 0.25) is 5.91 Å². The zero-order valence-electron chi connectivity index (χ0n) is 12.2. The van der Waals surface area contributed by atoms with Crippen LogP contribution in [0.2, 0.25) is 0 Å². The summed E-state index contributed by atoms with van der Waals surface area (Å²) in [5.41, 5.74) is 2.02. The van der Waals surface area contributed by atoms with Crippen LogP contribution in [-0.4, -0.2) is 18.4 Å². The van der Waals surface area contributed by atoms with Crippen LogP contribution in [0.25, 0.3) is 0 Å². The summed E-state index contributed by atoms with van der Waals surface area (Å²) in [6, 6.07) is 9.14. The summed E-state index contributed by atoms with van der Waals surface area (Å²) in [7, 11) is 0. The van der Waals surface area contributed by atoms with Gasteiger partial charge >= 0.3 is 5.97 Å². The minimum Gasteiger partial charge on any atom is -0.427 e. The van der Waals surface area contributed by atoms with Crippen molar-refractivity contribution in [2.45, 2.75) is 25.7 Å². The number of carbonyl (C=O) groups is 2. The Morgan fingerprint density at radius 2 is 2.05 bits per heavy atom. The molecule has 0 aliphatic carbocycles. The molecule has 1 aromatic carbocycles. The number of ether oxygens (including phenoxy) is 1. The molecule has 0 unspecified atom stereocenters. The van der Waals surface area contributed by atoms with Crippen molar-refractivity contribution in [2.75, 3.05) is 11.4 Å². The van der Waals surface area contributed by atoms with Crippen LogP contribution in [0, 0.1) is 0 Å². The number of hydrogen-bond acceptors (Lipinski definition) is 4. The molecule has 1 fully saturated rings. The number of thiophene rings is 1. The molecule has 22 heavy (non-hydrogen) atoms. The number of benzene rings is 1. The maximum atomic E-state index is 11.8. The van der Waals surface area contributed by atoms with Gasteiger partial charge in [-0.15, -0.1) is 0 Å². The first-order chi connectivity index (χ1) is 10.7. The first kappa shape index (κ1) is 14.8. The molecule has 1 saturated heterocycles. The lowest BCUT2D eigenvalue weighted by Gasteiger charge is -2.15. The molecule has 0 bridgehead atoms. The van der Waals surface area contributed by atoms with Crippen LogP contribution < -0.4 is 9.64 Å². The largest absolute Gasteiger partial charge is 0.427 e. The molecule has 2 heterocycles. The fourth-order valence-electron chi connectivity index (χ4n) is 2.48. The van der Waals surface area contributed by atoms with Crippen LogP contribution in [0.3, 0.4) is 0 Å². The molecule has 2 aromatic rings. The number of nitrogens with zero attached hydrogens (tertiary/aromatic N) is 1. The van der Waals surface area contributed by atoms with E-state index in [4.69, 9.17) is 4.74 Å². The van der Waals surface area contributed by atoms with Gasteiger partial charge in [-0.25, -0.2) is 0 Å². The van der Waals surface area contributed by atoms with E-state index in [1.165, 1.54) is 0 Å². The molecule has 0 spiro atoms. The summed E-state index contributed by atoms with van der Waals surface area (Å²) in [5.74, 6) is 0.433. The van der Waals surface area contributed by atoms with Gasteiger partial charge in [0.15, 0.2) is 0 Å². The van der Waals surface area contributed by atoms with Crippen molar-refractivity contribution in [1.82, 2.24) is 0 Å². The number of esters is 1. The first-order valence-corrected chi connectivity index (χ1v) is 8.29. The van der Waals surface area contributed by atoms with Gasteiger partial charge in [0, 0.05) is 18.7 Å². The van der Waals surface area contributed by atoms with Crippen LogP contribution in [0.1, 0.15) is 24.8 Å². The lowest BCUT2D eigenvalue weighted by Crippen LogP contribution is -2.23. The number of carbonyl (C=O) groups excluding carboxylic acids is 2. The van der Waals surface area contributed by atoms with Crippen molar-refractivity contribution in [3.8, 4) is 5.75 Å². The van der Waals surface area contributed by atoms with E-state index < -0.39 is 0 Å². The van der Waals surface area contributed by atoms with Gasteiger partial charge < -0.3 is 9.64 Å². The maximum Gasteiger partial charge on any atom is 0.311 e. The average Bonchev–Trinajstić information content (AvgIpc) is 3.17. The standard InChI is InChI=1S/C17H17NO3S/c19-16-2-1-10-18(16)14-4-6-15(7-5-14)21-17(20)8-3-13-9-11-22-12-13/h4-7,9,11-12H,1-3,8,10H2. The third-order valence-corrected chi connectivity index (χ3v) is 4.38. The lowest BCUT2D eigenvalue weighted by atomic mass is 10.2. The van der Waals surface area contributed by atoms with E-state index in [0.29, 0.717) is 25.0 Å². The Kier molecular flexibility index (Phi) is 4.53. The number of aryl methyl sites for hydroxylation is 1. The molecule has 1 aliphatic heterocycles. The monoisotopic (exact) mass is 315 g/mol. The molecule has 5 heteroatoms. The van der Waals surface area contributed by atoms with Crippen molar-refractivity contribution >= 4 is 28.9 Å². The molecule has 0 saturated carbocycles. The number of hydrogen-bond donors (Lipinski definition) is 0. The summed E-state index contributed by atoms with van der Waals surface area (Å²) in [5, 5.41) is 4.04. The van der Waals surface area contributed by atoms with Crippen molar-refractivity contribution in [3.63, 3.8) is 0 Å².